The highest BCUT2D eigenvalue weighted by Crippen LogP contribution is 2.55. The van der Waals surface area contributed by atoms with Crippen LogP contribution in [0.4, 0.5) is 79.0 Å². The monoisotopic (exact) mass is 579 g/mol. The molecule has 0 amide bonds. The standard InChI is InChI=1S/C17H19F18N/c1-36(8-4-2-6-10(18,19)12(22,23)14(26,27)16(30,31)32)9-5-3-7-11(20,21)13(24,25)15(28,29)17(33,34)35/h2-9H2,1H3. The van der Waals surface area contributed by atoms with E-state index >= 15 is 0 Å². The Morgan fingerprint density at radius 2 is 0.639 bits per heavy atom. The fourth-order valence-corrected chi connectivity index (χ4v) is 2.70. The molecule has 0 aromatic rings. The van der Waals surface area contributed by atoms with Gasteiger partial charge in [0.15, 0.2) is 0 Å². The Hall–Kier alpha value is -1.30. The summed E-state index contributed by atoms with van der Waals surface area (Å²) < 4.78 is 229. The topological polar surface area (TPSA) is 3.24 Å². The summed E-state index contributed by atoms with van der Waals surface area (Å²) in [7, 11) is 1.12. The molecular formula is C17H19F18N. The molecule has 0 aromatic carbocycles. The molecule has 0 spiro atoms. The van der Waals surface area contributed by atoms with Gasteiger partial charge in [-0.25, -0.2) is 0 Å². The lowest BCUT2D eigenvalue weighted by molar-refractivity contribution is -0.396. The minimum absolute atomic E-state index is 0.365. The van der Waals surface area contributed by atoms with E-state index in [4.69, 9.17) is 0 Å². The Kier molecular flexibility index (Phi) is 10.4. The summed E-state index contributed by atoms with van der Waals surface area (Å²) in [6, 6.07) is 0. The second kappa shape index (κ2) is 10.8. The summed E-state index contributed by atoms with van der Waals surface area (Å²) in [5.74, 6) is -39.2. The molecule has 0 atom stereocenters. The third kappa shape index (κ3) is 6.96. The van der Waals surface area contributed by atoms with Gasteiger partial charge in [0, 0.05) is 12.8 Å². The van der Waals surface area contributed by atoms with Crippen LogP contribution in [0, 0.1) is 0 Å². The van der Waals surface area contributed by atoms with Gasteiger partial charge < -0.3 is 4.90 Å². The molecule has 0 unspecified atom stereocenters. The first-order chi connectivity index (χ1) is 15.6. The molecule has 19 heteroatoms. The average molecular weight is 579 g/mol. The van der Waals surface area contributed by atoms with Gasteiger partial charge in [0.2, 0.25) is 0 Å². The molecule has 0 rings (SSSR count). The molecule has 0 heterocycles. The van der Waals surface area contributed by atoms with Crippen molar-refractivity contribution in [3.63, 3.8) is 0 Å². The van der Waals surface area contributed by atoms with Gasteiger partial charge in [-0.1, -0.05) is 0 Å². The number of nitrogens with zero attached hydrogens (tertiary/aromatic N) is 1. The highest BCUT2D eigenvalue weighted by atomic mass is 19.4. The van der Waals surface area contributed by atoms with E-state index in [0.29, 0.717) is 0 Å². The van der Waals surface area contributed by atoms with Crippen molar-refractivity contribution >= 4 is 0 Å². The maximum atomic E-state index is 13.4. The van der Waals surface area contributed by atoms with Crippen LogP contribution in [0.2, 0.25) is 0 Å². The minimum atomic E-state index is -7.04. The van der Waals surface area contributed by atoms with Crippen LogP contribution in [0.25, 0.3) is 0 Å². The Bertz CT molecular complexity index is 635. The van der Waals surface area contributed by atoms with Crippen molar-refractivity contribution in [1.82, 2.24) is 4.90 Å². The first kappa shape index (κ1) is 34.7. The molecule has 0 saturated carbocycles. The van der Waals surface area contributed by atoms with Crippen molar-refractivity contribution in [1.29, 1.82) is 0 Å². The van der Waals surface area contributed by atoms with Crippen LogP contribution in [-0.4, -0.2) is 72.9 Å². The smallest absolute Gasteiger partial charge is 0.306 e. The first-order valence-corrected chi connectivity index (χ1v) is 9.69. The molecule has 0 aliphatic heterocycles. The van der Waals surface area contributed by atoms with Crippen molar-refractivity contribution in [2.24, 2.45) is 0 Å². The summed E-state index contributed by atoms with van der Waals surface area (Å²) in [6.45, 7) is -0.730. The summed E-state index contributed by atoms with van der Waals surface area (Å²) in [5, 5.41) is 0. The van der Waals surface area contributed by atoms with Gasteiger partial charge in [-0.2, -0.15) is 79.0 Å². The zero-order chi connectivity index (χ0) is 29.2. The minimum Gasteiger partial charge on any atom is -0.306 e. The van der Waals surface area contributed by atoms with Crippen molar-refractivity contribution in [2.75, 3.05) is 20.1 Å². The Labute approximate surface area is 191 Å². The summed E-state index contributed by atoms with van der Waals surface area (Å²) in [4.78, 5) is 1.06. The lowest BCUT2D eigenvalue weighted by atomic mass is 9.98. The largest absolute Gasteiger partial charge is 0.460 e. The summed E-state index contributed by atoms with van der Waals surface area (Å²) in [5.41, 5.74) is 0. The fraction of sp³-hybridized carbons (Fsp3) is 1.00. The van der Waals surface area contributed by atoms with E-state index in [-0.39, 0.29) is 13.1 Å². The van der Waals surface area contributed by atoms with Crippen LogP contribution < -0.4 is 0 Å². The first-order valence-electron chi connectivity index (χ1n) is 9.69. The average Bonchev–Trinajstić information content (AvgIpc) is 2.66. The molecule has 0 aliphatic rings. The number of rotatable bonds is 14. The predicted molar refractivity (Wildman–Crippen MR) is 87.0 cm³/mol. The molecule has 218 valence electrons. The maximum absolute atomic E-state index is 13.4. The third-order valence-corrected chi connectivity index (χ3v) is 4.98. The molecule has 0 aromatic heterocycles. The number of unbranched alkanes of at least 4 members (excludes halogenated alkanes) is 2. The molecule has 1 nitrogen and oxygen atoms in total. The molecule has 0 aliphatic carbocycles. The van der Waals surface area contributed by atoms with E-state index in [1.54, 1.807) is 0 Å². The lowest BCUT2D eigenvalue weighted by Gasteiger charge is -2.34. The molecule has 0 N–H and O–H groups in total. The van der Waals surface area contributed by atoms with E-state index in [2.05, 4.69) is 0 Å². The second-order valence-electron chi connectivity index (χ2n) is 7.92. The van der Waals surface area contributed by atoms with Crippen LogP contribution in [0.1, 0.15) is 38.5 Å². The molecular weight excluding hydrogens is 560 g/mol. The van der Waals surface area contributed by atoms with Crippen molar-refractivity contribution < 1.29 is 79.0 Å². The number of alkyl halides is 18. The molecule has 0 fully saturated rings. The maximum Gasteiger partial charge on any atom is 0.460 e. The van der Waals surface area contributed by atoms with Gasteiger partial charge in [0.05, 0.1) is 0 Å². The molecule has 0 bridgehead atoms. The number of hydrogen-bond donors (Lipinski definition) is 0. The molecule has 36 heavy (non-hydrogen) atoms. The number of hydrogen-bond acceptors (Lipinski definition) is 1. The van der Waals surface area contributed by atoms with Crippen molar-refractivity contribution in [3.05, 3.63) is 0 Å². The van der Waals surface area contributed by atoms with Crippen LogP contribution in [-0.2, 0) is 0 Å². The Morgan fingerprint density at radius 3 is 0.861 bits per heavy atom. The summed E-state index contributed by atoms with van der Waals surface area (Å²) >= 11 is 0. The Balaban J connectivity index is 4.69. The van der Waals surface area contributed by atoms with Crippen molar-refractivity contribution in [2.45, 2.75) is 86.4 Å². The van der Waals surface area contributed by atoms with Crippen LogP contribution >= 0.6 is 0 Å². The van der Waals surface area contributed by atoms with Gasteiger partial charge in [0.25, 0.3) is 0 Å². The van der Waals surface area contributed by atoms with E-state index in [1.165, 1.54) is 0 Å². The van der Waals surface area contributed by atoms with Gasteiger partial charge in [-0.3, -0.25) is 0 Å². The van der Waals surface area contributed by atoms with Gasteiger partial charge >= 0.3 is 47.9 Å². The van der Waals surface area contributed by atoms with E-state index in [9.17, 15) is 79.0 Å². The van der Waals surface area contributed by atoms with E-state index < -0.39 is 86.4 Å². The molecule has 0 radical (unpaired) electrons. The highest BCUT2D eigenvalue weighted by Gasteiger charge is 2.82. The lowest BCUT2D eigenvalue weighted by Crippen LogP contribution is -2.60. The van der Waals surface area contributed by atoms with Gasteiger partial charge in [-0.15, -0.1) is 0 Å². The summed E-state index contributed by atoms with van der Waals surface area (Å²) in [6.07, 6.45) is -21.2. The van der Waals surface area contributed by atoms with E-state index in [1.807, 2.05) is 0 Å². The van der Waals surface area contributed by atoms with E-state index in [0.717, 1.165) is 11.9 Å². The van der Waals surface area contributed by atoms with Gasteiger partial charge in [0.1, 0.15) is 0 Å². The molecule has 0 saturated heterocycles. The fourth-order valence-electron chi connectivity index (χ4n) is 2.70. The zero-order valence-corrected chi connectivity index (χ0v) is 17.9. The van der Waals surface area contributed by atoms with Gasteiger partial charge in [-0.05, 0) is 45.8 Å². The van der Waals surface area contributed by atoms with Crippen LogP contribution in [0.5, 0.6) is 0 Å². The normalized spacial score (nSPS) is 15.7. The zero-order valence-electron chi connectivity index (χ0n) is 17.9. The predicted octanol–water partition coefficient (Wildman–Crippen LogP) is 8.20. The number of halogens is 18. The SMILES string of the molecule is CN(CCCCC(F)(F)C(F)(F)C(F)(F)C(F)(F)F)CCCCC(F)(F)C(F)(F)C(F)(F)C(F)(F)F. The third-order valence-electron chi connectivity index (χ3n) is 4.98. The highest BCUT2D eigenvalue weighted by molar-refractivity contribution is 5.01. The quantitative estimate of drug-likeness (QED) is 0.148. The van der Waals surface area contributed by atoms with Crippen LogP contribution in [0.15, 0.2) is 0 Å². The second-order valence-corrected chi connectivity index (χ2v) is 7.92. The van der Waals surface area contributed by atoms with Crippen LogP contribution in [0.3, 0.4) is 0 Å². The Morgan fingerprint density at radius 1 is 0.389 bits per heavy atom. The van der Waals surface area contributed by atoms with Crippen molar-refractivity contribution in [3.8, 4) is 0 Å².